The van der Waals surface area contributed by atoms with Crippen LogP contribution in [0, 0.1) is 18.3 Å². The van der Waals surface area contributed by atoms with Gasteiger partial charge in [0.2, 0.25) is 0 Å². The van der Waals surface area contributed by atoms with Crippen molar-refractivity contribution in [2.45, 2.75) is 19.6 Å². The first-order valence-electron chi connectivity index (χ1n) is 3.97. The zero-order valence-corrected chi connectivity index (χ0v) is 7.36. The van der Waals surface area contributed by atoms with Crippen molar-refractivity contribution in [2.24, 2.45) is 0 Å². The van der Waals surface area contributed by atoms with E-state index in [9.17, 15) is 0 Å². The molecule has 3 heteroatoms. The Hall–Kier alpha value is -1.37. The highest BCUT2D eigenvalue weighted by Crippen LogP contribution is 2.15. The average molecular weight is 177 g/mol. The summed E-state index contributed by atoms with van der Waals surface area (Å²) in [5.74, 6) is 0. The van der Waals surface area contributed by atoms with Crippen molar-refractivity contribution >= 4 is 0 Å². The molecule has 1 rings (SSSR count). The molecule has 0 heterocycles. The summed E-state index contributed by atoms with van der Waals surface area (Å²) in [6.45, 7) is 1.85. The van der Waals surface area contributed by atoms with Crippen molar-refractivity contribution in [3.8, 4) is 6.07 Å². The molecule has 0 saturated heterocycles. The van der Waals surface area contributed by atoms with E-state index in [1.54, 1.807) is 12.1 Å². The minimum Gasteiger partial charge on any atom is -0.364 e. The predicted octanol–water partition coefficient (Wildman–Crippen LogP) is 1.04. The van der Waals surface area contributed by atoms with Crippen molar-refractivity contribution in [1.29, 1.82) is 5.26 Å². The van der Waals surface area contributed by atoms with Crippen LogP contribution in [0.5, 0.6) is 0 Å². The third-order valence-electron chi connectivity index (χ3n) is 1.74. The van der Waals surface area contributed by atoms with Crippen LogP contribution in [0.25, 0.3) is 0 Å². The molecule has 0 radical (unpaired) electrons. The second-order valence-corrected chi connectivity index (χ2v) is 2.96. The number of nitrogens with zero attached hydrogens (tertiary/aromatic N) is 1. The lowest BCUT2D eigenvalue weighted by Crippen LogP contribution is -1.97. The van der Waals surface area contributed by atoms with Gasteiger partial charge in [0.15, 0.2) is 6.29 Å². The highest BCUT2D eigenvalue weighted by atomic mass is 16.5. The molecule has 0 aliphatic rings. The number of aliphatic hydroxyl groups excluding tert-OH is 1. The molecular weight excluding hydrogens is 166 g/mol. The van der Waals surface area contributed by atoms with Crippen molar-refractivity contribution < 1.29 is 10.2 Å². The summed E-state index contributed by atoms with van der Waals surface area (Å²) in [5, 5.41) is 26.3. The van der Waals surface area contributed by atoms with Gasteiger partial charge in [-0.05, 0) is 18.6 Å². The van der Waals surface area contributed by atoms with Crippen LogP contribution < -0.4 is 0 Å². The molecule has 0 aromatic heterocycles. The van der Waals surface area contributed by atoms with E-state index in [0.717, 1.165) is 11.1 Å². The van der Waals surface area contributed by atoms with E-state index in [1.165, 1.54) is 0 Å². The Bertz CT molecular complexity index is 339. The number of aryl methyl sites for hydroxylation is 1. The fraction of sp³-hybridized carbons (Fsp3) is 0.300. The standard InChI is InChI=1S/C10H11NO2/c1-7-4-8(2-3-11)6-9(5-7)10(12)13/h4-6,10,12-13H,2H2,1H3. The topological polar surface area (TPSA) is 64.2 Å². The third kappa shape index (κ3) is 2.55. The average Bonchev–Trinajstić information content (AvgIpc) is 2.03. The Labute approximate surface area is 76.9 Å². The fourth-order valence-corrected chi connectivity index (χ4v) is 1.24. The first-order chi connectivity index (χ1) is 6.13. The molecule has 0 fully saturated rings. The summed E-state index contributed by atoms with van der Waals surface area (Å²) in [4.78, 5) is 0. The summed E-state index contributed by atoms with van der Waals surface area (Å²) < 4.78 is 0. The molecule has 0 aliphatic carbocycles. The highest BCUT2D eigenvalue weighted by molar-refractivity contribution is 5.31. The number of aliphatic hydroxyl groups is 2. The summed E-state index contributed by atoms with van der Waals surface area (Å²) in [7, 11) is 0. The zero-order chi connectivity index (χ0) is 9.84. The quantitative estimate of drug-likeness (QED) is 0.663. The van der Waals surface area contributed by atoms with Crippen molar-refractivity contribution in [3.63, 3.8) is 0 Å². The maximum absolute atomic E-state index is 8.91. The molecule has 0 aliphatic heterocycles. The normalized spacial score (nSPS) is 10.1. The van der Waals surface area contributed by atoms with Gasteiger partial charge in [-0.3, -0.25) is 0 Å². The van der Waals surface area contributed by atoms with Crippen LogP contribution in [0.3, 0.4) is 0 Å². The largest absolute Gasteiger partial charge is 0.364 e. The van der Waals surface area contributed by atoms with Gasteiger partial charge in [0.25, 0.3) is 0 Å². The maximum Gasteiger partial charge on any atom is 0.178 e. The Morgan fingerprint density at radius 3 is 2.62 bits per heavy atom. The molecule has 0 amide bonds. The monoisotopic (exact) mass is 177 g/mol. The SMILES string of the molecule is Cc1cc(CC#N)cc(C(O)O)c1. The number of hydrogen-bond donors (Lipinski definition) is 2. The minimum absolute atomic E-state index is 0.293. The van der Waals surface area contributed by atoms with Crippen LogP contribution in [-0.4, -0.2) is 10.2 Å². The zero-order valence-electron chi connectivity index (χ0n) is 7.36. The van der Waals surface area contributed by atoms with Gasteiger partial charge in [-0.1, -0.05) is 17.7 Å². The van der Waals surface area contributed by atoms with Gasteiger partial charge in [-0.2, -0.15) is 5.26 Å². The lowest BCUT2D eigenvalue weighted by molar-refractivity contribution is -0.0425. The first-order valence-corrected chi connectivity index (χ1v) is 3.97. The second kappa shape index (κ2) is 4.04. The van der Waals surface area contributed by atoms with Crippen molar-refractivity contribution in [1.82, 2.24) is 0 Å². The van der Waals surface area contributed by atoms with E-state index >= 15 is 0 Å². The van der Waals surface area contributed by atoms with Crippen LogP contribution in [0.15, 0.2) is 18.2 Å². The van der Waals surface area contributed by atoms with E-state index < -0.39 is 6.29 Å². The minimum atomic E-state index is -1.46. The van der Waals surface area contributed by atoms with E-state index in [2.05, 4.69) is 0 Å². The summed E-state index contributed by atoms with van der Waals surface area (Å²) in [6, 6.07) is 7.18. The Morgan fingerprint density at radius 2 is 2.08 bits per heavy atom. The third-order valence-corrected chi connectivity index (χ3v) is 1.74. The molecule has 0 unspecified atom stereocenters. The van der Waals surface area contributed by atoms with Crippen molar-refractivity contribution in [2.75, 3.05) is 0 Å². The Balaban J connectivity index is 3.05. The van der Waals surface area contributed by atoms with Gasteiger partial charge < -0.3 is 10.2 Å². The molecule has 1 aromatic carbocycles. The van der Waals surface area contributed by atoms with E-state index in [1.807, 2.05) is 19.1 Å². The summed E-state index contributed by atoms with van der Waals surface area (Å²) in [6.07, 6.45) is -1.17. The number of rotatable bonds is 2. The Kier molecular flexibility index (Phi) is 3.02. The molecule has 0 saturated carbocycles. The van der Waals surface area contributed by atoms with Gasteiger partial charge >= 0.3 is 0 Å². The maximum atomic E-state index is 8.91. The molecule has 0 atom stereocenters. The molecule has 1 aromatic rings. The van der Waals surface area contributed by atoms with E-state index in [4.69, 9.17) is 15.5 Å². The summed E-state index contributed by atoms with van der Waals surface area (Å²) >= 11 is 0. The van der Waals surface area contributed by atoms with Gasteiger partial charge in [-0.15, -0.1) is 0 Å². The highest BCUT2D eigenvalue weighted by Gasteiger charge is 2.04. The van der Waals surface area contributed by atoms with E-state index in [-0.39, 0.29) is 0 Å². The number of benzene rings is 1. The van der Waals surface area contributed by atoms with Crippen LogP contribution in [0.1, 0.15) is 23.0 Å². The Morgan fingerprint density at radius 1 is 1.38 bits per heavy atom. The van der Waals surface area contributed by atoms with E-state index in [0.29, 0.717) is 12.0 Å². The molecule has 68 valence electrons. The molecule has 0 bridgehead atoms. The molecule has 0 spiro atoms. The van der Waals surface area contributed by atoms with Gasteiger partial charge in [0, 0.05) is 5.56 Å². The first kappa shape index (κ1) is 9.72. The van der Waals surface area contributed by atoms with Crippen LogP contribution in [0.2, 0.25) is 0 Å². The van der Waals surface area contributed by atoms with Crippen LogP contribution in [0.4, 0.5) is 0 Å². The number of hydrogen-bond acceptors (Lipinski definition) is 3. The smallest absolute Gasteiger partial charge is 0.178 e. The second-order valence-electron chi connectivity index (χ2n) is 2.96. The lowest BCUT2D eigenvalue weighted by atomic mass is 10.0. The predicted molar refractivity (Wildman–Crippen MR) is 47.7 cm³/mol. The molecule has 3 nitrogen and oxygen atoms in total. The summed E-state index contributed by atoms with van der Waals surface area (Å²) in [5.41, 5.74) is 2.17. The van der Waals surface area contributed by atoms with Gasteiger partial charge in [0.1, 0.15) is 0 Å². The number of nitriles is 1. The van der Waals surface area contributed by atoms with Crippen LogP contribution in [-0.2, 0) is 6.42 Å². The van der Waals surface area contributed by atoms with Gasteiger partial charge in [-0.25, -0.2) is 0 Å². The molecular formula is C10H11NO2. The van der Waals surface area contributed by atoms with Crippen molar-refractivity contribution in [3.05, 3.63) is 34.9 Å². The van der Waals surface area contributed by atoms with Gasteiger partial charge in [0.05, 0.1) is 12.5 Å². The fourth-order valence-electron chi connectivity index (χ4n) is 1.24. The lowest BCUT2D eigenvalue weighted by Gasteiger charge is -2.06. The molecule has 13 heavy (non-hydrogen) atoms. The molecule has 2 N–H and O–H groups in total. The van der Waals surface area contributed by atoms with Crippen LogP contribution >= 0.6 is 0 Å².